The zero-order chi connectivity index (χ0) is 13.1. The topological polar surface area (TPSA) is 37.8 Å². The van der Waals surface area contributed by atoms with Gasteiger partial charge in [-0.15, -0.1) is 10.2 Å². The third kappa shape index (κ3) is 3.21. The number of aromatic nitrogens is 2. The molecule has 0 spiro atoms. The van der Waals surface area contributed by atoms with Crippen LogP contribution in [-0.4, -0.2) is 10.2 Å². The van der Waals surface area contributed by atoms with Gasteiger partial charge in [-0.1, -0.05) is 48.9 Å². The molecule has 96 valence electrons. The summed E-state index contributed by atoms with van der Waals surface area (Å²) in [6, 6.07) is 6.03. The van der Waals surface area contributed by atoms with E-state index in [0.29, 0.717) is 5.92 Å². The summed E-state index contributed by atoms with van der Waals surface area (Å²) in [5, 5.41) is 14.3. The van der Waals surface area contributed by atoms with Crippen LogP contribution in [0.1, 0.15) is 35.9 Å². The molecule has 0 atom stereocenters. The molecular formula is C13H16ClN3S. The molecule has 0 amide bonds. The molecule has 1 heterocycles. The number of aryl methyl sites for hydroxylation is 1. The Hall–Kier alpha value is -1.13. The van der Waals surface area contributed by atoms with E-state index in [9.17, 15) is 0 Å². The van der Waals surface area contributed by atoms with Crippen molar-refractivity contribution in [3.8, 4) is 0 Å². The van der Waals surface area contributed by atoms with Crippen LogP contribution in [0.2, 0.25) is 5.02 Å². The molecule has 1 N–H and O–H groups in total. The number of nitrogens with zero attached hydrogens (tertiary/aromatic N) is 2. The molecule has 0 radical (unpaired) electrons. The highest BCUT2D eigenvalue weighted by Gasteiger charge is 2.07. The lowest BCUT2D eigenvalue weighted by atomic mass is 10.1. The number of hydrogen-bond donors (Lipinski definition) is 1. The van der Waals surface area contributed by atoms with Crippen molar-refractivity contribution in [2.75, 3.05) is 5.32 Å². The van der Waals surface area contributed by atoms with Gasteiger partial charge in [-0.05, 0) is 24.1 Å². The van der Waals surface area contributed by atoms with Crippen LogP contribution in [-0.2, 0) is 6.54 Å². The Labute approximate surface area is 116 Å². The lowest BCUT2D eigenvalue weighted by Gasteiger charge is -2.04. The van der Waals surface area contributed by atoms with Crippen LogP contribution in [0.4, 0.5) is 5.13 Å². The lowest BCUT2D eigenvalue weighted by Crippen LogP contribution is -1.99. The van der Waals surface area contributed by atoms with E-state index in [1.54, 1.807) is 11.3 Å². The monoisotopic (exact) mass is 281 g/mol. The second kappa shape index (κ2) is 5.67. The highest BCUT2D eigenvalue weighted by molar-refractivity contribution is 7.15. The summed E-state index contributed by atoms with van der Waals surface area (Å²) in [4.78, 5) is 0. The standard InChI is InChI=1S/C13H16ClN3S/c1-8(2)12-16-17-13(18-12)15-7-10-4-5-11(14)9(3)6-10/h4-6,8H,7H2,1-3H3,(H,15,17). The second-order valence-electron chi connectivity index (χ2n) is 4.54. The van der Waals surface area contributed by atoms with Gasteiger partial charge < -0.3 is 5.32 Å². The van der Waals surface area contributed by atoms with Gasteiger partial charge in [-0.2, -0.15) is 0 Å². The summed E-state index contributed by atoms with van der Waals surface area (Å²) >= 11 is 7.60. The van der Waals surface area contributed by atoms with Crippen LogP contribution >= 0.6 is 22.9 Å². The van der Waals surface area contributed by atoms with Gasteiger partial charge in [0.1, 0.15) is 5.01 Å². The highest BCUT2D eigenvalue weighted by atomic mass is 35.5. The number of rotatable bonds is 4. The van der Waals surface area contributed by atoms with E-state index in [-0.39, 0.29) is 0 Å². The average Bonchev–Trinajstić information content (AvgIpc) is 2.79. The number of anilines is 1. The fourth-order valence-corrected chi connectivity index (χ4v) is 2.39. The van der Waals surface area contributed by atoms with Crippen LogP contribution in [0.3, 0.4) is 0 Å². The summed E-state index contributed by atoms with van der Waals surface area (Å²) in [6.45, 7) is 6.98. The molecular weight excluding hydrogens is 266 g/mol. The molecule has 0 aliphatic heterocycles. The Morgan fingerprint density at radius 2 is 2.11 bits per heavy atom. The molecule has 1 aromatic carbocycles. The number of hydrogen-bond acceptors (Lipinski definition) is 4. The minimum atomic E-state index is 0.427. The summed E-state index contributed by atoms with van der Waals surface area (Å²) in [5.74, 6) is 0.427. The van der Waals surface area contributed by atoms with E-state index in [0.717, 1.165) is 27.3 Å². The Balaban J connectivity index is 2.00. The van der Waals surface area contributed by atoms with Crippen LogP contribution in [0.5, 0.6) is 0 Å². The van der Waals surface area contributed by atoms with Crippen molar-refractivity contribution in [1.29, 1.82) is 0 Å². The van der Waals surface area contributed by atoms with Crippen molar-refractivity contribution in [3.63, 3.8) is 0 Å². The van der Waals surface area contributed by atoms with E-state index in [2.05, 4.69) is 35.4 Å². The first-order chi connectivity index (χ1) is 8.56. The summed E-state index contributed by atoms with van der Waals surface area (Å²) in [5.41, 5.74) is 2.29. The highest BCUT2D eigenvalue weighted by Crippen LogP contribution is 2.23. The van der Waals surface area contributed by atoms with Crippen molar-refractivity contribution in [2.45, 2.75) is 33.2 Å². The minimum Gasteiger partial charge on any atom is -0.356 e. The molecule has 0 fully saturated rings. The minimum absolute atomic E-state index is 0.427. The Morgan fingerprint density at radius 1 is 1.33 bits per heavy atom. The third-order valence-electron chi connectivity index (χ3n) is 2.60. The fraction of sp³-hybridized carbons (Fsp3) is 0.385. The zero-order valence-electron chi connectivity index (χ0n) is 10.7. The molecule has 5 heteroatoms. The fourth-order valence-electron chi connectivity index (χ4n) is 1.53. The maximum Gasteiger partial charge on any atom is 0.205 e. The normalized spacial score (nSPS) is 10.9. The van der Waals surface area contributed by atoms with Crippen LogP contribution in [0.15, 0.2) is 18.2 Å². The van der Waals surface area contributed by atoms with E-state index in [1.165, 1.54) is 5.56 Å². The molecule has 0 unspecified atom stereocenters. The first-order valence-electron chi connectivity index (χ1n) is 5.88. The summed E-state index contributed by atoms with van der Waals surface area (Å²) in [6.07, 6.45) is 0. The van der Waals surface area contributed by atoms with E-state index in [4.69, 9.17) is 11.6 Å². The molecule has 3 nitrogen and oxygen atoms in total. The maximum atomic E-state index is 6.00. The van der Waals surface area contributed by atoms with Gasteiger partial charge in [0.2, 0.25) is 5.13 Å². The summed E-state index contributed by atoms with van der Waals surface area (Å²) in [7, 11) is 0. The SMILES string of the molecule is Cc1cc(CNc2nnc(C(C)C)s2)ccc1Cl. The lowest BCUT2D eigenvalue weighted by molar-refractivity contribution is 0.824. The third-order valence-corrected chi connectivity index (χ3v) is 4.21. The van der Waals surface area contributed by atoms with Crippen molar-refractivity contribution < 1.29 is 0 Å². The predicted molar refractivity (Wildman–Crippen MR) is 77.5 cm³/mol. The van der Waals surface area contributed by atoms with Crippen molar-refractivity contribution in [3.05, 3.63) is 39.4 Å². The van der Waals surface area contributed by atoms with E-state index in [1.807, 2.05) is 19.1 Å². The molecule has 2 rings (SSSR count). The number of halogens is 1. The Bertz CT molecular complexity index is 537. The van der Waals surface area contributed by atoms with Crippen LogP contribution < -0.4 is 5.32 Å². The van der Waals surface area contributed by atoms with Crippen molar-refractivity contribution in [1.82, 2.24) is 10.2 Å². The number of nitrogens with one attached hydrogen (secondary N) is 1. The van der Waals surface area contributed by atoms with Gasteiger partial charge in [-0.3, -0.25) is 0 Å². The molecule has 0 saturated carbocycles. The molecule has 1 aromatic heterocycles. The van der Waals surface area contributed by atoms with Gasteiger partial charge in [0.25, 0.3) is 0 Å². The largest absolute Gasteiger partial charge is 0.356 e. The molecule has 18 heavy (non-hydrogen) atoms. The van der Waals surface area contributed by atoms with E-state index >= 15 is 0 Å². The van der Waals surface area contributed by atoms with Gasteiger partial charge in [0.05, 0.1) is 0 Å². The molecule has 0 bridgehead atoms. The molecule has 0 aliphatic rings. The first-order valence-corrected chi connectivity index (χ1v) is 7.08. The Morgan fingerprint density at radius 3 is 2.72 bits per heavy atom. The maximum absolute atomic E-state index is 6.00. The number of benzene rings is 1. The van der Waals surface area contributed by atoms with Crippen LogP contribution in [0.25, 0.3) is 0 Å². The average molecular weight is 282 g/mol. The molecule has 0 saturated heterocycles. The second-order valence-corrected chi connectivity index (χ2v) is 5.95. The molecule has 0 aliphatic carbocycles. The molecule has 2 aromatic rings. The quantitative estimate of drug-likeness (QED) is 0.911. The van der Waals surface area contributed by atoms with E-state index < -0.39 is 0 Å². The zero-order valence-corrected chi connectivity index (χ0v) is 12.3. The van der Waals surface area contributed by atoms with Gasteiger partial charge in [0, 0.05) is 17.5 Å². The van der Waals surface area contributed by atoms with Crippen molar-refractivity contribution >= 4 is 28.1 Å². The van der Waals surface area contributed by atoms with Gasteiger partial charge >= 0.3 is 0 Å². The van der Waals surface area contributed by atoms with Gasteiger partial charge in [-0.25, -0.2) is 0 Å². The van der Waals surface area contributed by atoms with Gasteiger partial charge in [0.15, 0.2) is 0 Å². The predicted octanol–water partition coefficient (Wildman–Crippen LogP) is 4.24. The smallest absolute Gasteiger partial charge is 0.205 e. The summed E-state index contributed by atoms with van der Waals surface area (Å²) < 4.78 is 0. The Kier molecular flexibility index (Phi) is 4.19. The first kappa shape index (κ1) is 13.3. The van der Waals surface area contributed by atoms with Crippen LogP contribution in [0, 0.1) is 6.92 Å². The van der Waals surface area contributed by atoms with Crippen molar-refractivity contribution in [2.24, 2.45) is 0 Å².